The van der Waals surface area contributed by atoms with Gasteiger partial charge in [0.25, 0.3) is 9.04 Å². The van der Waals surface area contributed by atoms with Crippen LogP contribution in [0.15, 0.2) is 12.1 Å². The van der Waals surface area contributed by atoms with Crippen molar-refractivity contribution in [2.45, 2.75) is 39.7 Å². The second-order valence-electron chi connectivity index (χ2n) is 4.80. The zero-order valence-electron chi connectivity index (χ0n) is 13.2. The molecule has 0 unspecified atom stereocenters. The standard InChI is InChI=1S/C16H25O4Si/c1-4-17-13-9-10-14(21-12-8-7-11-20-21)16(19-6-3)15(13)18-5-2/h9-10H,4-8,11-12H2,1-3H3. The lowest BCUT2D eigenvalue weighted by molar-refractivity contribution is 0.260. The third kappa shape index (κ3) is 3.92. The van der Waals surface area contributed by atoms with Gasteiger partial charge in [-0.3, -0.25) is 0 Å². The summed E-state index contributed by atoms with van der Waals surface area (Å²) in [5.74, 6) is 2.30. The predicted molar refractivity (Wildman–Crippen MR) is 85.3 cm³/mol. The molecule has 1 aliphatic rings. The number of rotatable bonds is 7. The molecule has 21 heavy (non-hydrogen) atoms. The molecule has 0 spiro atoms. The number of ether oxygens (including phenoxy) is 3. The van der Waals surface area contributed by atoms with Crippen LogP contribution in [-0.4, -0.2) is 35.5 Å². The van der Waals surface area contributed by atoms with Crippen LogP contribution in [0.2, 0.25) is 6.04 Å². The monoisotopic (exact) mass is 309 g/mol. The van der Waals surface area contributed by atoms with E-state index in [1.165, 1.54) is 11.6 Å². The van der Waals surface area contributed by atoms with Crippen LogP contribution in [0, 0.1) is 0 Å². The molecule has 1 aromatic rings. The van der Waals surface area contributed by atoms with Crippen LogP contribution in [0.4, 0.5) is 0 Å². The first-order valence-corrected chi connectivity index (χ1v) is 9.47. The van der Waals surface area contributed by atoms with Crippen molar-refractivity contribution in [3.63, 3.8) is 0 Å². The molecule has 0 N–H and O–H groups in total. The fourth-order valence-corrected chi connectivity index (χ4v) is 4.71. The highest BCUT2D eigenvalue weighted by atomic mass is 28.3. The first kappa shape index (κ1) is 16.2. The second-order valence-corrected chi connectivity index (χ2v) is 6.97. The summed E-state index contributed by atoms with van der Waals surface area (Å²) >= 11 is 0. The van der Waals surface area contributed by atoms with E-state index in [9.17, 15) is 0 Å². The van der Waals surface area contributed by atoms with Gasteiger partial charge in [0.1, 0.15) is 0 Å². The number of benzene rings is 1. The summed E-state index contributed by atoms with van der Waals surface area (Å²) in [5, 5.41) is 1.17. The highest BCUT2D eigenvalue weighted by molar-refractivity contribution is 6.68. The topological polar surface area (TPSA) is 36.9 Å². The third-order valence-corrected chi connectivity index (χ3v) is 5.68. The Balaban J connectivity index is 2.40. The van der Waals surface area contributed by atoms with Crippen LogP contribution >= 0.6 is 0 Å². The average Bonchev–Trinajstić information content (AvgIpc) is 2.52. The maximum absolute atomic E-state index is 6.01. The Morgan fingerprint density at radius 2 is 1.67 bits per heavy atom. The molecule has 4 nitrogen and oxygen atoms in total. The van der Waals surface area contributed by atoms with Gasteiger partial charge in [-0.05, 0) is 39.3 Å². The minimum atomic E-state index is -1.01. The van der Waals surface area contributed by atoms with Crippen molar-refractivity contribution in [2.24, 2.45) is 0 Å². The van der Waals surface area contributed by atoms with E-state index in [4.69, 9.17) is 18.6 Å². The number of hydrogen-bond acceptors (Lipinski definition) is 4. The molecule has 5 heteroatoms. The lowest BCUT2D eigenvalue weighted by Crippen LogP contribution is -2.37. The van der Waals surface area contributed by atoms with E-state index in [1.807, 2.05) is 26.8 Å². The molecule has 1 saturated heterocycles. The largest absolute Gasteiger partial charge is 0.490 e. The lowest BCUT2D eigenvalue weighted by Gasteiger charge is -2.24. The van der Waals surface area contributed by atoms with Crippen LogP contribution in [0.3, 0.4) is 0 Å². The lowest BCUT2D eigenvalue weighted by atomic mass is 10.3. The van der Waals surface area contributed by atoms with Crippen LogP contribution < -0.4 is 19.4 Å². The van der Waals surface area contributed by atoms with Gasteiger partial charge in [0, 0.05) is 11.8 Å². The molecule has 0 aromatic heterocycles. The van der Waals surface area contributed by atoms with E-state index in [1.54, 1.807) is 0 Å². The molecule has 1 heterocycles. The van der Waals surface area contributed by atoms with E-state index in [0.717, 1.165) is 36.3 Å². The van der Waals surface area contributed by atoms with Crippen molar-refractivity contribution < 1.29 is 18.6 Å². The van der Waals surface area contributed by atoms with Gasteiger partial charge in [-0.1, -0.05) is 12.5 Å². The number of hydrogen-bond donors (Lipinski definition) is 0. The minimum Gasteiger partial charge on any atom is -0.490 e. The quantitative estimate of drug-likeness (QED) is 0.726. The Morgan fingerprint density at radius 1 is 0.952 bits per heavy atom. The molecular formula is C16H25O4Si. The maximum atomic E-state index is 6.01. The molecule has 117 valence electrons. The maximum Gasteiger partial charge on any atom is 0.250 e. The van der Waals surface area contributed by atoms with E-state index in [-0.39, 0.29) is 0 Å². The van der Waals surface area contributed by atoms with Crippen LogP contribution in [0.1, 0.15) is 33.6 Å². The first-order valence-electron chi connectivity index (χ1n) is 7.86. The average molecular weight is 309 g/mol. The highest BCUT2D eigenvalue weighted by Crippen LogP contribution is 2.37. The van der Waals surface area contributed by atoms with Crippen molar-refractivity contribution >= 4 is 14.2 Å². The van der Waals surface area contributed by atoms with Crippen molar-refractivity contribution in [3.8, 4) is 17.2 Å². The Morgan fingerprint density at radius 3 is 2.29 bits per heavy atom. The summed E-state index contributed by atoms with van der Waals surface area (Å²) in [6.45, 7) is 8.61. The fraction of sp³-hybridized carbons (Fsp3) is 0.625. The minimum absolute atomic E-state index is 0.590. The molecule has 0 saturated carbocycles. The van der Waals surface area contributed by atoms with Gasteiger partial charge in [0.2, 0.25) is 5.75 Å². The van der Waals surface area contributed by atoms with Crippen LogP contribution in [-0.2, 0) is 4.43 Å². The van der Waals surface area contributed by atoms with Crippen molar-refractivity contribution in [3.05, 3.63) is 12.1 Å². The van der Waals surface area contributed by atoms with E-state index in [0.29, 0.717) is 19.8 Å². The second kappa shape index (κ2) is 8.29. The summed E-state index contributed by atoms with van der Waals surface area (Å²) in [7, 11) is -1.01. The predicted octanol–water partition coefficient (Wildman–Crippen LogP) is 2.89. The first-order chi connectivity index (χ1) is 10.3. The van der Waals surface area contributed by atoms with Gasteiger partial charge >= 0.3 is 0 Å². The third-order valence-electron chi connectivity index (χ3n) is 3.33. The molecule has 2 rings (SSSR count). The zero-order chi connectivity index (χ0) is 15.1. The highest BCUT2D eigenvalue weighted by Gasteiger charge is 2.27. The summed E-state index contributed by atoms with van der Waals surface area (Å²) in [6.07, 6.45) is 2.39. The molecule has 0 atom stereocenters. The SMILES string of the molecule is CCOc1ccc([Si]2CCCCO2)c(OCC)c1OCC. The Hall–Kier alpha value is -1.20. The van der Waals surface area contributed by atoms with Gasteiger partial charge in [-0.25, -0.2) is 0 Å². The molecule has 0 aliphatic carbocycles. The summed E-state index contributed by atoms with van der Waals surface area (Å²) in [5.41, 5.74) is 0. The molecule has 0 bridgehead atoms. The summed E-state index contributed by atoms with van der Waals surface area (Å²) in [4.78, 5) is 0. The van der Waals surface area contributed by atoms with Gasteiger partial charge < -0.3 is 18.6 Å². The summed E-state index contributed by atoms with van der Waals surface area (Å²) < 4.78 is 23.4. The van der Waals surface area contributed by atoms with Crippen LogP contribution in [0.25, 0.3) is 0 Å². The fourth-order valence-electron chi connectivity index (χ4n) is 2.47. The Kier molecular flexibility index (Phi) is 6.38. The van der Waals surface area contributed by atoms with E-state index < -0.39 is 9.04 Å². The molecule has 0 amide bonds. The van der Waals surface area contributed by atoms with Gasteiger partial charge in [-0.2, -0.15) is 0 Å². The van der Waals surface area contributed by atoms with Crippen molar-refractivity contribution in [1.82, 2.24) is 0 Å². The van der Waals surface area contributed by atoms with Crippen molar-refractivity contribution in [1.29, 1.82) is 0 Å². The Bertz CT molecular complexity index is 444. The van der Waals surface area contributed by atoms with Crippen LogP contribution in [0.5, 0.6) is 17.2 Å². The zero-order valence-corrected chi connectivity index (χ0v) is 14.2. The molecule has 1 aliphatic heterocycles. The Labute approximate surface area is 129 Å². The normalized spacial score (nSPS) is 15.8. The summed E-state index contributed by atoms with van der Waals surface area (Å²) in [6, 6.07) is 5.21. The molecular weight excluding hydrogens is 284 g/mol. The smallest absolute Gasteiger partial charge is 0.250 e. The van der Waals surface area contributed by atoms with E-state index >= 15 is 0 Å². The molecule has 1 fully saturated rings. The van der Waals surface area contributed by atoms with E-state index in [2.05, 4.69) is 6.07 Å². The van der Waals surface area contributed by atoms with Crippen molar-refractivity contribution in [2.75, 3.05) is 26.4 Å². The molecule has 1 radical (unpaired) electrons. The van der Waals surface area contributed by atoms with Gasteiger partial charge in [-0.15, -0.1) is 0 Å². The van der Waals surface area contributed by atoms with Gasteiger partial charge in [0.15, 0.2) is 11.5 Å². The molecule has 1 aromatic carbocycles. The van der Waals surface area contributed by atoms with Gasteiger partial charge in [0.05, 0.1) is 19.8 Å².